The molecule has 1 aliphatic rings. The summed E-state index contributed by atoms with van der Waals surface area (Å²) in [6.45, 7) is 5.68. The van der Waals surface area contributed by atoms with Gasteiger partial charge in [-0.3, -0.25) is 14.6 Å². The third-order valence-corrected chi connectivity index (χ3v) is 5.82. The number of nitrogens with one attached hydrogen (secondary N) is 2. The SMILES string of the molecule is Cc1cccc(C(CO)NC(=O)CN2Cc3ccc(-c4nc(NC(C)C)ncc4Cl)cc3C2=O)n1. The van der Waals surface area contributed by atoms with Crippen molar-refractivity contribution in [2.75, 3.05) is 18.5 Å². The summed E-state index contributed by atoms with van der Waals surface area (Å²) in [7, 11) is 0. The average molecular weight is 495 g/mol. The number of hydrogen-bond acceptors (Lipinski definition) is 7. The molecule has 9 nitrogen and oxygen atoms in total. The Hall–Kier alpha value is -3.56. The fraction of sp³-hybridized carbons (Fsp3) is 0.320. The van der Waals surface area contributed by atoms with E-state index in [4.69, 9.17) is 11.6 Å². The van der Waals surface area contributed by atoms with Crippen molar-refractivity contribution >= 4 is 29.4 Å². The van der Waals surface area contributed by atoms with Crippen LogP contribution in [0.2, 0.25) is 5.02 Å². The van der Waals surface area contributed by atoms with Gasteiger partial charge in [0, 0.05) is 29.4 Å². The van der Waals surface area contributed by atoms with Crippen LogP contribution in [0.15, 0.2) is 42.6 Å². The van der Waals surface area contributed by atoms with Crippen LogP contribution in [0.4, 0.5) is 5.95 Å². The first-order valence-corrected chi connectivity index (χ1v) is 11.7. The van der Waals surface area contributed by atoms with Crippen molar-refractivity contribution in [3.05, 3.63) is 70.1 Å². The number of benzene rings is 1. The molecule has 35 heavy (non-hydrogen) atoms. The molecule has 1 atom stereocenters. The van der Waals surface area contributed by atoms with Gasteiger partial charge in [-0.1, -0.05) is 29.8 Å². The minimum absolute atomic E-state index is 0.137. The maximum Gasteiger partial charge on any atom is 0.254 e. The highest BCUT2D eigenvalue weighted by atomic mass is 35.5. The minimum atomic E-state index is -0.650. The number of fused-ring (bicyclic) bond motifs is 1. The highest BCUT2D eigenvalue weighted by molar-refractivity contribution is 6.33. The number of aliphatic hydroxyl groups is 1. The topological polar surface area (TPSA) is 120 Å². The van der Waals surface area contributed by atoms with Crippen molar-refractivity contribution in [2.45, 2.75) is 39.4 Å². The second-order valence-corrected chi connectivity index (χ2v) is 9.14. The molecule has 0 fully saturated rings. The number of rotatable bonds is 8. The lowest BCUT2D eigenvalue weighted by molar-refractivity contribution is -0.122. The molecular formula is C25H27ClN6O3. The molecule has 0 saturated heterocycles. The Morgan fingerprint density at radius 3 is 2.74 bits per heavy atom. The highest BCUT2D eigenvalue weighted by Gasteiger charge is 2.30. The van der Waals surface area contributed by atoms with Gasteiger partial charge in [-0.2, -0.15) is 0 Å². The minimum Gasteiger partial charge on any atom is -0.394 e. The van der Waals surface area contributed by atoms with E-state index < -0.39 is 6.04 Å². The van der Waals surface area contributed by atoms with Crippen LogP contribution in [-0.2, 0) is 11.3 Å². The van der Waals surface area contributed by atoms with Gasteiger partial charge in [0.05, 0.1) is 35.3 Å². The second-order valence-electron chi connectivity index (χ2n) is 8.73. The molecule has 3 heterocycles. The number of anilines is 1. The molecule has 1 unspecified atom stereocenters. The van der Waals surface area contributed by atoms with Crippen LogP contribution in [0, 0.1) is 6.92 Å². The van der Waals surface area contributed by atoms with Crippen molar-refractivity contribution in [2.24, 2.45) is 0 Å². The molecule has 3 aromatic rings. The Morgan fingerprint density at radius 2 is 2.03 bits per heavy atom. The van der Waals surface area contributed by atoms with Crippen molar-refractivity contribution in [3.8, 4) is 11.3 Å². The molecule has 4 rings (SSSR count). The van der Waals surface area contributed by atoms with E-state index in [0.29, 0.717) is 40.0 Å². The number of aromatic nitrogens is 3. The first-order chi connectivity index (χ1) is 16.7. The summed E-state index contributed by atoms with van der Waals surface area (Å²) in [4.78, 5) is 40.3. The summed E-state index contributed by atoms with van der Waals surface area (Å²) in [5.41, 5.74) is 3.88. The quantitative estimate of drug-likeness (QED) is 0.440. The lowest BCUT2D eigenvalue weighted by Crippen LogP contribution is -2.40. The fourth-order valence-electron chi connectivity index (χ4n) is 3.92. The van der Waals surface area contributed by atoms with Crippen LogP contribution in [-0.4, -0.2) is 56.0 Å². The molecule has 1 aliphatic heterocycles. The Bertz CT molecular complexity index is 1270. The lowest BCUT2D eigenvalue weighted by atomic mass is 10.0. The largest absolute Gasteiger partial charge is 0.394 e. The van der Waals surface area contributed by atoms with Gasteiger partial charge in [0.15, 0.2) is 0 Å². The van der Waals surface area contributed by atoms with Crippen LogP contribution in [0.25, 0.3) is 11.3 Å². The third-order valence-electron chi connectivity index (χ3n) is 5.54. The van der Waals surface area contributed by atoms with Crippen molar-refractivity contribution < 1.29 is 14.7 Å². The zero-order valence-electron chi connectivity index (χ0n) is 19.7. The fourth-order valence-corrected chi connectivity index (χ4v) is 4.12. The second kappa shape index (κ2) is 10.4. The zero-order chi connectivity index (χ0) is 25.1. The Morgan fingerprint density at radius 1 is 1.23 bits per heavy atom. The van der Waals surface area contributed by atoms with Gasteiger partial charge >= 0.3 is 0 Å². The predicted octanol–water partition coefficient (Wildman–Crippen LogP) is 3.13. The van der Waals surface area contributed by atoms with Crippen molar-refractivity contribution in [3.63, 3.8) is 0 Å². The first-order valence-electron chi connectivity index (χ1n) is 11.3. The summed E-state index contributed by atoms with van der Waals surface area (Å²) in [6, 6.07) is 10.3. The normalized spacial score (nSPS) is 13.7. The monoisotopic (exact) mass is 494 g/mol. The van der Waals surface area contributed by atoms with Crippen molar-refractivity contribution in [1.29, 1.82) is 0 Å². The van der Waals surface area contributed by atoms with E-state index in [-0.39, 0.29) is 31.0 Å². The number of hydrogen-bond donors (Lipinski definition) is 3. The van der Waals surface area contributed by atoms with Crippen LogP contribution < -0.4 is 10.6 Å². The number of carbonyl (C=O) groups is 2. The molecule has 10 heteroatoms. The molecule has 2 aromatic heterocycles. The standard InChI is InChI=1S/C25H27ClN6O3/c1-14(2)28-25-27-10-19(26)23(31-25)16-7-8-17-11-32(24(35)18(17)9-16)12-22(34)30-21(13-33)20-6-4-5-15(3)29-20/h4-10,14,21,33H,11-13H2,1-3H3,(H,30,34)(H,27,28,31). The van der Waals surface area contributed by atoms with Gasteiger partial charge in [0.25, 0.3) is 5.91 Å². The number of carbonyl (C=O) groups excluding carboxylic acids is 2. The van der Waals surface area contributed by atoms with E-state index in [1.165, 1.54) is 11.1 Å². The number of amides is 2. The molecule has 0 bridgehead atoms. The number of halogens is 1. The van der Waals surface area contributed by atoms with Gasteiger partial charge in [-0.05, 0) is 44.5 Å². The molecule has 0 radical (unpaired) electrons. The Kier molecular flexibility index (Phi) is 7.28. The summed E-state index contributed by atoms with van der Waals surface area (Å²) in [5, 5.41) is 16.0. The van der Waals surface area contributed by atoms with E-state index in [2.05, 4.69) is 25.6 Å². The average Bonchev–Trinajstić information content (AvgIpc) is 3.12. The van der Waals surface area contributed by atoms with Crippen LogP contribution >= 0.6 is 11.6 Å². The van der Waals surface area contributed by atoms with E-state index >= 15 is 0 Å². The van der Waals surface area contributed by atoms with Crippen LogP contribution in [0.5, 0.6) is 0 Å². The summed E-state index contributed by atoms with van der Waals surface area (Å²) in [6.07, 6.45) is 1.53. The van der Waals surface area contributed by atoms with Gasteiger partial charge in [0.2, 0.25) is 11.9 Å². The summed E-state index contributed by atoms with van der Waals surface area (Å²) >= 11 is 6.35. The van der Waals surface area contributed by atoms with Gasteiger partial charge in [0.1, 0.15) is 6.54 Å². The molecular weight excluding hydrogens is 468 g/mol. The van der Waals surface area contributed by atoms with Crippen molar-refractivity contribution in [1.82, 2.24) is 25.2 Å². The van der Waals surface area contributed by atoms with Gasteiger partial charge in [-0.25, -0.2) is 9.97 Å². The maximum atomic E-state index is 13.1. The lowest BCUT2D eigenvalue weighted by Gasteiger charge is -2.19. The zero-order valence-corrected chi connectivity index (χ0v) is 20.5. The number of aryl methyl sites for hydroxylation is 1. The highest BCUT2D eigenvalue weighted by Crippen LogP contribution is 2.31. The molecule has 182 valence electrons. The van der Waals surface area contributed by atoms with Crippen LogP contribution in [0.1, 0.15) is 47.2 Å². The van der Waals surface area contributed by atoms with E-state index in [9.17, 15) is 14.7 Å². The van der Waals surface area contributed by atoms with E-state index in [0.717, 1.165) is 11.3 Å². The van der Waals surface area contributed by atoms with Crippen LogP contribution in [0.3, 0.4) is 0 Å². The third kappa shape index (κ3) is 5.58. The van der Waals surface area contributed by atoms with Gasteiger partial charge < -0.3 is 20.6 Å². The number of nitrogens with zero attached hydrogens (tertiary/aromatic N) is 4. The molecule has 1 aromatic carbocycles. The first kappa shape index (κ1) is 24.6. The predicted molar refractivity (Wildman–Crippen MR) is 133 cm³/mol. The molecule has 0 spiro atoms. The summed E-state index contributed by atoms with van der Waals surface area (Å²) in [5.74, 6) is -0.181. The van der Waals surface area contributed by atoms with Gasteiger partial charge in [-0.15, -0.1) is 0 Å². The maximum absolute atomic E-state index is 13.1. The Balaban J connectivity index is 1.48. The van der Waals surface area contributed by atoms with E-state index in [1.54, 1.807) is 12.1 Å². The van der Waals surface area contributed by atoms with E-state index in [1.807, 2.05) is 45.0 Å². The summed E-state index contributed by atoms with van der Waals surface area (Å²) < 4.78 is 0. The molecule has 0 saturated carbocycles. The molecule has 0 aliphatic carbocycles. The Labute approximate surface area is 208 Å². The number of pyridine rings is 1. The smallest absolute Gasteiger partial charge is 0.254 e. The number of aliphatic hydroxyl groups excluding tert-OH is 1. The molecule has 2 amide bonds. The molecule has 3 N–H and O–H groups in total.